The Bertz CT molecular complexity index is 578. The van der Waals surface area contributed by atoms with Gasteiger partial charge in [0.1, 0.15) is 17.1 Å². The lowest BCUT2D eigenvalue weighted by molar-refractivity contribution is 0.719. The van der Waals surface area contributed by atoms with E-state index in [0.29, 0.717) is 5.82 Å². The first-order valence-corrected chi connectivity index (χ1v) is 6.47. The van der Waals surface area contributed by atoms with Crippen LogP contribution in [0.2, 0.25) is 0 Å². The Morgan fingerprint density at radius 2 is 2.06 bits per heavy atom. The maximum atomic E-state index is 8.94. The Kier molecular flexibility index (Phi) is 3.30. The molecule has 0 amide bonds. The molecule has 0 bridgehead atoms. The molecule has 1 N–H and O–H groups in total. The number of rotatable bonds is 3. The highest BCUT2D eigenvalue weighted by atomic mass is 32.1. The molecule has 0 aliphatic heterocycles. The molecule has 2 aromatic rings. The third-order valence-corrected chi connectivity index (χ3v) is 3.52. The molecule has 0 saturated heterocycles. The van der Waals surface area contributed by atoms with Crippen LogP contribution >= 0.6 is 11.3 Å². The van der Waals surface area contributed by atoms with Crippen molar-refractivity contribution in [2.24, 2.45) is 0 Å². The molecule has 0 spiro atoms. The number of hydrogen-bond acceptors (Lipinski definition) is 5. The quantitative estimate of drug-likeness (QED) is 0.918. The largest absolute Gasteiger partial charge is 0.351 e. The lowest BCUT2D eigenvalue weighted by Crippen LogP contribution is -2.29. The lowest BCUT2D eigenvalue weighted by atomic mass is 10.1. The molecule has 0 fully saturated rings. The van der Waals surface area contributed by atoms with Crippen LogP contribution in [-0.4, -0.2) is 15.7 Å². The summed E-state index contributed by atoms with van der Waals surface area (Å²) < 4.78 is 0. The summed E-state index contributed by atoms with van der Waals surface area (Å²) in [7, 11) is 0. The second-order valence-corrected chi connectivity index (χ2v) is 5.51. The summed E-state index contributed by atoms with van der Waals surface area (Å²) in [5.74, 6) is 0.611. The molecule has 0 saturated carbocycles. The minimum atomic E-state index is -0.644. The molecule has 0 aliphatic rings. The first-order valence-electron chi connectivity index (χ1n) is 5.59. The highest BCUT2D eigenvalue weighted by Crippen LogP contribution is 2.27. The fraction of sp³-hybridized carbons (Fsp3) is 0.308. The maximum absolute atomic E-state index is 8.94. The highest BCUT2D eigenvalue weighted by Gasteiger charge is 2.16. The van der Waals surface area contributed by atoms with Crippen LogP contribution in [0.4, 0.5) is 5.82 Å². The molecule has 0 radical (unpaired) electrons. The summed E-state index contributed by atoms with van der Waals surface area (Å²) in [5, 5.41) is 22.3. The Hall–Kier alpha value is -1.93. The molecule has 18 heavy (non-hydrogen) atoms. The van der Waals surface area contributed by atoms with E-state index in [1.807, 2.05) is 17.5 Å². The number of thiophene rings is 1. The molecule has 0 aromatic carbocycles. The smallest absolute Gasteiger partial charge is 0.149 e. The van der Waals surface area contributed by atoms with E-state index in [9.17, 15) is 0 Å². The van der Waals surface area contributed by atoms with E-state index in [-0.39, 0.29) is 0 Å². The predicted molar refractivity (Wildman–Crippen MR) is 73.4 cm³/mol. The van der Waals surface area contributed by atoms with E-state index < -0.39 is 5.54 Å². The van der Waals surface area contributed by atoms with E-state index in [1.165, 1.54) is 5.56 Å². The number of nitrogens with zero attached hydrogens (tertiary/aromatic N) is 3. The van der Waals surface area contributed by atoms with Crippen LogP contribution in [0.1, 0.15) is 19.4 Å². The van der Waals surface area contributed by atoms with Crippen LogP contribution in [0.5, 0.6) is 0 Å². The molecule has 0 unspecified atom stereocenters. The zero-order valence-electron chi connectivity index (χ0n) is 10.6. The van der Waals surface area contributed by atoms with Crippen molar-refractivity contribution in [3.8, 4) is 16.6 Å². The molecular weight excluding hydrogens is 244 g/mol. The van der Waals surface area contributed by atoms with Crippen molar-refractivity contribution in [1.29, 1.82) is 5.26 Å². The van der Waals surface area contributed by atoms with Crippen molar-refractivity contribution >= 4 is 17.2 Å². The van der Waals surface area contributed by atoms with Crippen LogP contribution in [0.3, 0.4) is 0 Å². The number of hydrogen-bond donors (Lipinski definition) is 1. The summed E-state index contributed by atoms with van der Waals surface area (Å²) in [6.45, 7) is 5.65. The van der Waals surface area contributed by atoms with Crippen LogP contribution in [0, 0.1) is 18.3 Å². The molecule has 4 nitrogen and oxygen atoms in total. The summed E-state index contributed by atoms with van der Waals surface area (Å²) in [4.78, 5) is 1.13. The first kappa shape index (κ1) is 12.5. The van der Waals surface area contributed by atoms with Gasteiger partial charge in [0, 0.05) is 0 Å². The third-order valence-electron chi connectivity index (χ3n) is 2.48. The van der Waals surface area contributed by atoms with Gasteiger partial charge in [-0.15, -0.1) is 21.5 Å². The maximum Gasteiger partial charge on any atom is 0.149 e. The van der Waals surface area contributed by atoms with Crippen LogP contribution < -0.4 is 5.32 Å². The monoisotopic (exact) mass is 258 g/mol. The summed E-state index contributed by atoms with van der Waals surface area (Å²) in [6.07, 6.45) is 0. The number of anilines is 1. The van der Waals surface area contributed by atoms with Crippen LogP contribution in [-0.2, 0) is 0 Å². The highest BCUT2D eigenvalue weighted by molar-refractivity contribution is 7.13. The van der Waals surface area contributed by atoms with Gasteiger partial charge in [-0.3, -0.25) is 0 Å². The lowest BCUT2D eigenvalue weighted by Gasteiger charge is -2.17. The minimum absolute atomic E-state index is 0.611. The number of aryl methyl sites for hydroxylation is 1. The standard InChI is InChI=1S/C13H14N4S/c1-9-6-7-18-12(9)10-4-5-11(17-16-10)15-13(2,3)8-14/h4-7H,1-3H3,(H,15,17). The van der Waals surface area contributed by atoms with Gasteiger partial charge < -0.3 is 5.32 Å². The minimum Gasteiger partial charge on any atom is -0.351 e. The van der Waals surface area contributed by atoms with E-state index in [4.69, 9.17) is 5.26 Å². The van der Waals surface area contributed by atoms with Crippen molar-refractivity contribution in [1.82, 2.24) is 10.2 Å². The van der Waals surface area contributed by atoms with E-state index in [2.05, 4.69) is 34.6 Å². The van der Waals surface area contributed by atoms with Gasteiger partial charge in [0.2, 0.25) is 0 Å². The van der Waals surface area contributed by atoms with E-state index in [0.717, 1.165) is 10.6 Å². The SMILES string of the molecule is Cc1ccsc1-c1ccc(NC(C)(C)C#N)nn1. The van der Waals surface area contributed by atoms with Gasteiger partial charge in [-0.1, -0.05) is 0 Å². The molecule has 0 atom stereocenters. The van der Waals surface area contributed by atoms with Crippen molar-refractivity contribution in [2.75, 3.05) is 5.32 Å². The van der Waals surface area contributed by atoms with Crippen molar-refractivity contribution in [3.05, 3.63) is 29.1 Å². The molecular formula is C13H14N4S. The molecule has 2 rings (SSSR count). The third kappa shape index (κ3) is 2.66. The number of aromatic nitrogens is 2. The fourth-order valence-corrected chi connectivity index (χ4v) is 2.40. The Morgan fingerprint density at radius 3 is 2.56 bits per heavy atom. The van der Waals surface area contributed by atoms with Gasteiger partial charge in [0.15, 0.2) is 0 Å². The average molecular weight is 258 g/mol. The predicted octanol–water partition coefficient (Wildman–Crippen LogP) is 3.23. The van der Waals surface area contributed by atoms with E-state index in [1.54, 1.807) is 25.2 Å². The van der Waals surface area contributed by atoms with Crippen LogP contribution in [0.15, 0.2) is 23.6 Å². The van der Waals surface area contributed by atoms with E-state index >= 15 is 0 Å². The summed E-state index contributed by atoms with van der Waals surface area (Å²) >= 11 is 1.65. The van der Waals surface area contributed by atoms with Crippen molar-refractivity contribution in [2.45, 2.75) is 26.3 Å². The molecule has 2 aromatic heterocycles. The summed E-state index contributed by atoms with van der Waals surface area (Å²) in [6, 6.07) is 7.99. The number of nitrogens with one attached hydrogen (secondary N) is 1. The Balaban J connectivity index is 2.22. The van der Waals surface area contributed by atoms with Crippen LogP contribution in [0.25, 0.3) is 10.6 Å². The molecule has 92 valence electrons. The van der Waals surface area contributed by atoms with Gasteiger partial charge in [0.05, 0.1) is 10.9 Å². The Morgan fingerprint density at radius 1 is 1.28 bits per heavy atom. The Labute approximate surface area is 110 Å². The zero-order valence-corrected chi connectivity index (χ0v) is 11.4. The number of nitriles is 1. The molecule has 2 heterocycles. The first-order chi connectivity index (χ1) is 8.52. The normalized spacial score (nSPS) is 11.0. The van der Waals surface area contributed by atoms with Gasteiger partial charge in [-0.2, -0.15) is 5.26 Å². The van der Waals surface area contributed by atoms with Crippen molar-refractivity contribution in [3.63, 3.8) is 0 Å². The fourth-order valence-electron chi connectivity index (χ4n) is 1.50. The van der Waals surface area contributed by atoms with Gasteiger partial charge in [0.25, 0.3) is 0 Å². The second kappa shape index (κ2) is 4.75. The summed E-state index contributed by atoms with van der Waals surface area (Å²) in [5.41, 5.74) is 1.42. The topological polar surface area (TPSA) is 61.6 Å². The van der Waals surface area contributed by atoms with Crippen molar-refractivity contribution < 1.29 is 0 Å². The zero-order chi connectivity index (χ0) is 13.2. The molecule has 0 aliphatic carbocycles. The molecule has 5 heteroatoms. The average Bonchev–Trinajstić information content (AvgIpc) is 2.76. The van der Waals surface area contributed by atoms with Gasteiger partial charge in [-0.25, -0.2) is 0 Å². The van der Waals surface area contributed by atoms with Gasteiger partial charge >= 0.3 is 0 Å². The van der Waals surface area contributed by atoms with Gasteiger partial charge in [-0.05, 0) is 49.9 Å². The second-order valence-electron chi connectivity index (χ2n) is 4.60.